The molecule has 0 radical (unpaired) electrons. The number of anilines is 1. The Morgan fingerprint density at radius 3 is 2.67 bits per heavy atom. The van der Waals surface area contributed by atoms with Crippen molar-refractivity contribution in [2.24, 2.45) is 0 Å². The fourth-order valence-electron chi connectivity index (χ4n) is 1.23. The van der Waals surface area contributed by atoms with Crippen LogP contribution in [0.5, 0.6) is 0 Å². The summed E-state index contributed by atoms with van der Waals surface area (Å²) in [5.41, 5.74) is 1.23. The molecule has 1 heterocycles. The van der Waals surface area contributed by atoms with Gasteiger partial charge in [0.2, 0.25) is 5.12 Å². The second-order valence-corrected chi connectivity index (χ2v) is 5.16. The molecule has 0 unspecified atom stereocenters. The Bertz CT molecular complexity index is 502. The molecule has 1 aliphatic heterocycles. The molecular weight excluding hydrogens is 275 g/mol. The number of carbonyl (C=O) groups is 2. The van der Waals surface area contributed by atoms with Crippen molar-refractivity contribution >= 4 is 39.8 Å². The van der Waals surface area contributed by atoms with Crippen LogP contribution in [0.4, 0.5) is 14.9 Å². The standard InChI is InChI=1S/C11H9FN2O2S2/c12-7-1-3-8(4-2-7)14-18-11(16)13-9-5-10(15)17-6-9/h1-5,14H,6H2,(H,13,16). The topological polar surface area (TPSA) is 58.2 Å². The van der Waals surface area contributed by atoms with E-state index in [4.69, 9.17) is 0 Å². The zero-order valence-corrected chi connectivity index (χ0v) is 10.7. The van der Waals surface area contributed by atoms with Crippen LogP contribution in [0.1, 0.15) is 0 Å². The number of nitrogens with one attached hydrogen (secondary N) is 2. The van der Waals surface area contributed by atoms with Gasteiger partial charge < -0.3 is 10.0 Å². The van der Waals surface area contributed by atoms with Gasteiger partial charge in [-0.25, -0.2) is 4.39 Å². The first-order valence-corrected chi connectivity index (χ1v) is 6.80. The van der Waals surface area contributed by atoms with E-state index < -0.39 is 0 Å². The molecule has 0 fully saturated rings. The first kappa shape index (κ1) is 13.0. The third-order valence-corrected chi connectivity index (χ3v) is 3.51. The van der Waals surface area contributed by atoms with E-state index in [-0.39, 0.29) is 16.2 Å². The number of carbonyl (C=O) groups excluding carboxylic acids is 2. The lowest BCUT2D eigenvalue weighted by Gasteiger charge is -2.06. The summed E-state index contributed by atoms with van der Waals surface area (Å²) in [4.78, 5) is 22.4. The second-order valence-electron chi connectivity index (χ2n) is 3.40. The van der Waals surface area contributed by atoms with Crippen LogP contribution < -0.4 is 10.0 Å². The van der Waals surface area contributed by atoms with E-state index in [1.54, 1.807) is 0 Å². The molecule has 0 saturated heterocycles. The van der Waals surface area contributed by atoms with Crippen LogP contribution in [0.2, 0.25) is 0 Å². The highest BCUT2D eigenvalue weighted by Gasteiger charge is 2.15. The summed E-state index contributed by atoms with van der Waals surface area (Å²) in [6, 6.07) is 5.67. The van der Waals surface area contributed by atoms with Gasteiger partial charge in [0.15, 0.2) is 0 Å². The fraction of sp³-hybridized carbons (Fsp3) is 0.0909. The van der Waals surface area contributed by atoms with E-state index in [0.717, 1.165) is 23.7 Å². The van der Waals surface area contributed by atoms with E-state index in [2.05, 4.69) is 10.0 Å². The van der Waals surface area contributed by atoms with E-state index in [9.17, 15) is 14.0 Å². The predicted molar refractivity (Wildman–Crippen MR) is 71.7 cm³/mol. The number of thioether (sulfide) groups is 1. The fourth-order valence-corrected chi connectivity index (χ4v) is 2.43. The molecule has 1 amide bonds. The minimum atomic E-state index is -0.332. The highest BCUT2D eigenvalue weighted by atomic mass is 32.2. The summed E-state index contributed by atoms with van der Waals surface area (Å²) >= 11 is 1.99. The molecule has 1 aromatic rings. The summed E-state index contributed by atoms with van der Waals surface area (Å²) in [7, 11) is 0. The third kappa shape index (κ3) is 3.78. The minimum Gasteiger partial charge on any atom is -0.322 e. The molecule has 0 aromatic heterocycles. The smallest absolute Gasteiger partial charge is 0.303 e. The number of halogens is 1. The lowest BCUT2D eigenvalue weighted by molar-refractivity contribution is -0.106. The Balaban J connectivity index is 1.80. The Morgan fingerprint density at radius 2 is 2.06 bits per heavy atom. The third-order valence-electron chi connectivity index (χ3n) is 2.03. The van der Waals surface area contributed by atoms with Crippen molar-refractivity contribution < 1.29 is 14.0 Å². The van der Waals surface area contributed by atoms with Crippen LogP contribution in [0.15, 0.2) is 36.0 Å². The molecule has 0 aliphatic carbocycles. The average molecular weight is 284 g/mol. The van der Waals surface area contributed by atoms with Crippen molar-refractivity contribution in [2.75, 3.05) is 10.5 Å². The van der Waals surface area contributed by atoms with E-state index in [0.29, 0.717) is 17.1 Å². The van der Waals surface area contributed by atoms with Crippen LogP contribution in [0.25, 0.3) is 0 Å². The summed E-state index contributed by atoms with van der Waals surface area (Å²) in [6.07, 6.45) is 1.40. The summed E-state index contributed by atoms with van der Waals surface area (Å²) < 4.78 is 15.4. The Morgan fingerprint density at radius 1 is 1.33 bits per heavy atom. The Kier molecular flexibility index (Phi) is 4.27. The first-order valence-electron chi connectivity index (χ1n) is 5.00. The van der Waals surface area contributed by atoms with Gasteiger partial charge in [0, 0.05) is 35.2 Å². The molecule has 0 bridgehead atoms. The number of hydrogen-bond acceptors (Lipinski definition) is 5. The summed E-state index contributed by atoms with van der Waals surface area (Å²) in [5.74, 6) is 0.156. The van der Waals surface area contributed by atoms with Crippen molar-refractivity contribution in [3.63, 3.8) is 0 Å². The van der Waals surface area contributed by atoms with E-state index in [1.807, 2.05) is 0 Å². The van der Waals surface area contributed by atoms with Crippen LogP contribution in [0, 0.1) is 5.82 Å². The molecular formula is C11H9FN2O2S2. The number of benzene rings is 1. The zero-order valence-electron chi connectivity index (χ0n) is 9.10. The SMILES string of the molecule is O=C1C=C(NC(=O)SNc2ccc(F)cc2)CS1. The Labute approximate surface area is 112 Å². The van der Waals surface area contributed by atoms with Gasteiger partial charge in [-0.3, -0.25) is 9.59 Å². The lowest BCUT2D eigenvalue weighted by Crippen LogP contribution is -2.19. The normalized spacial score (nSPS) is 14.3. The molecule has 94 valence electrons. The summed E-state index contributed by atoms with van der Waals surface area (Å²) in [5, 5.41) is 2.23. The molecule has 18 heavy (non-hydrogen) atoms. The maximum absolute atomic E-state index is 12.6. The molecule has 0 saturated carbocycles. The molecule has 7 heteroatoms. The van der Waals surface area contributed by atoms with Crippen LogP contribution in [-0.2, 0) is 4.79 Å². The molecule has 1 aromatic carbocycles. The summed E-state index contributed by atoms with van der Waals surface area (Å²) in [6.45, 7) is 0. The maximum Gasteiger partial charge on any atom is 0.303 e. The predicted octanol–water partition coefficient (Wildman–Crippen LogP) is 2.75. The Hall–Kier alpha value is -1.47. The van der Waals surface area contributed by atoms with Crippen LogP contribution in [-0.4, -0.2) is 16.1 Å². The molecule has 2 N–H and O–H groups in total. The molecule has 0 spiro atoms. The van der Waals surface area contributed by atoms with Gasteiger partial charge in [-0.05, 0) is 24.3 Å². The van der Waals surface area contributed by atoms with Gasteiger partial charge in [0.25, 0.3) is 0 Å². The van der Waals surface area contributed by atoms with Crippen molar-refractivity contribution in [1.29, 1.82) is 0 Å². The van der Waals surface area contributed by atoms with Gasteiger partial charge in [-0.2, -0.15) is 0 Å². The average Bonchev–Trinajstić information content (AvgIpc) is 2.74. The van der Waals surface area contributed by atoms with Gasteiger partial charge in [-0.1, -0.05) is 11.8 Å². The number of amides is 1. The van der Waals surface area contributed by atoms with Crippen molar-refractivity contribution in [2.45, 2.75) is 0 Å². The lowest BCUT2D eigenvalue weighted by atomic mass is 10.3. The number of hydrogen-bond donors (Lipinski definition) is 2. The van der Waals surface area contributed by atoms with Gasteiger partial charge in [0.1, 0.15) is 5.82 Å². The monoisotopic (exact) mass is 284 g/mol. The van der Waals surface area contributed by atoms with Crippen LogP contribution in [0.3, 0.4) is 0 Å². The molecule has 2 rings (SSSR count). The maximum atomic E-state index is 12.6. The molecule has 0 atom stereocenters. The second kappa shape index (κ2) is 5.92. The quantitative estimate of drug-likeness (QED) is 0.836. The largest absolute Gasteiger partial charge is 0.322 e. The van der Waals surface area contributed by atoms with Crippen molar-refractivity contribution in [3.8, 4) is 0 Å². The van der Waals surface area contributed by atoms with Crippen molar-refractivity contribution in [1.82, 2.24) is 5.32 Å². The number of rotatable bonds is 3. The molecule has 4 nitrogen and oxygen atoms in total. The van der Waals surface area contributed by atoms with Gasteiger partial charge >= 0.3 is 5.24 Å². The first-order chi connectivity index (χ1) is 8.63. The van der Waals surface area contributed by atoms with Crippen LogP contribution >= 0.6 is 23.7 Å². The van der Waals surface area contributed by atoms with Crippen molar-refractivity contribution in [3.05, 3.63) is 41.9 Å². The highest BCUT2D eigenvalue weighted by molar-refractivity contribution is 8.15. The zero-order chi connectivity index (χ0) is 13.0. The minimum absolute atomic E-state index is 0.0539. The van der Waals surface area contributed by atoms with Gasteiger partial charge in [-0.15, -0.1) is 0 Å². The highest BCUT2D eigenvalue weighted by Crippen LogP contribution is 2.18. The van der Waals surface area contributed by atoms with E-state index in [1.165, 1.54) is 30.3 Å². The molecule has 1 aliphatic rings. The van der Waals surface area contributed by atoms with Gasteiger partial charge in [0.05, 0.1) is 0 Å². The van der Waals surface area contributed by atoms with E-state index >= 15 is 0 Å².